The number of esters is 3. The number of carbonyl (C=O) groups excluding carboxylic acids is 3. The van der Waals surface area contributed by atoms with Gasteiger partial charge in [0.15, 0.2) is 0 Å². The van der Waals surface area contributed by atoms with Gasteiger partial charge >= 0.3 is 49.9 Å². The molecule has 0 aliphatic heterocycles. The number of fused-ring (bicyclic) bond motifs is 4. The summed E-state index contributed by atoms with van der Waals surface area (Å²) in [6.45, 7) is 6.63. The number of carbonyl (C=O) groups is 4. The van der Waals surface area contributed by atoms with Crippen molar-refractivity contribution in [2.24, 2.45) is 17.2 Å². The van der Waals surface area contributed by atoms with Crippen molar-refractivity contribution in [1.29, 1.82) is 0 Å². The van der Waals surface area contributed by atoms with E-state index in [0.717, 1.165) is 76.5 Å². The molecule has 0 unspecified atom stereocenters. The maximum Gasteiger partial charge on any atom is 1.00 e. The molecule has 4 heterocycles. The number of carboxylic acids is 1. The molecule has 0 bridgehead atoms. The van der Waals surface area contributed by atoms with Crippen LogP contribution in [0, 0.1) is 40.7 Å². The Morgan fingerprint density at radius 1 is 0.392 bits per heavy atom. The number of nitrogens with two attached hydrogens (primary N) is 3. The summed E-state index contributed by atoms with van der Waals surface area (Å²) in [5, 5.41) is 48.2. The van der Waals surface area contributed by atoms with Crippen LogP contribution in [0.25, 0.3) is 66.1 Å². The summed E-state index contributed by atoms with van der Waals surface area (Å²) in [4.78, 5) is 45.7. The zero-order valence-electron chi connectivity index (χ0n) is 70.3. The van der Waals surface area contributed by atoms with Crippen molar-refractivity contribution in [3.05, 3.63) is 336 Å². The first-order valence-electron chi connectivity index (χ1n) is 39.2. The number of hydrogen-bond donors (Lipinski definition) is 8. The summed E-state index contributed by atoms with van der Waals surface area (Å²) in [5.41, 5.74) is 26.6. The SMILES string of the molecule is CCOC(=O)Cc1cc(F)ccc1O.CCOC(=O)Cc1cc(F)ccc1OCc1cc(-c2cccc(CN)c2F)c2occc2c1.CCOC(=O)Cc1cc(F)ccc1OCc1cc(Br)c2occc2c1.Cl.NCc1cccc(-c2cc(COc3ccc(F)cc3CC(=O)O)cc3ccoc23)c1F.NCc1cccc(B(O)O)c1F.OCc1cc(Br)c2occc2c1.[Li+].[OH-]. The van der Waals surface area contributed by atoms with Crippen molar-refractivity contribution < 1.29 is 146 Å². The fourth-order valence-electron chi connectivity index (χ4n) is 13.0. The van der Waals surface area contributed by atoms with Gasteiger partial charge in [0.2, 0.25) is 0 Å². The topological polar surface area (TPSA) is 385 Å². The van der Waals surface area contributed by atoms with Crippen molar-refractivity contribution in [2.45, 2.75) is 92.5 Å². The largest absolute Gasteiger partial charge is 1.00 e. The molecule has 676 valence electrons. The van der Waals surface area contributed by atoms with Crippen LogP contribution < -0.4 is 55.7 Å². The van der Waals surface area contributed by atoms with Gasteiger partial charge in [0.05, 0.1) is 86.1 Å². The monoisotopic (exact) mass is 1930 g/mol. The molecule has 15 rings (SSSR count). The number of carboxylic acid groups (broad SMARTS) is 1. The third-order valence-electron chi connectivity index (χ3n) is 18.9. The van der Waals surface area contributed by atoms with E-state index in [1.807, 2.05) is 48.5 Å². The van der Waals surface area contributed by atoms with Crippen LogP contribution in [0.2, 0.25) is 0 Å². The van der Waals surface area contributed by atoms with Crippen LogP contribution in [0.4, 0.5) is 30.7 Å². The van der Waals surface area contributed by atoms with Crippen LogP contribution in [-0.2, 0) is 105 Å². The standard InChI is InChI=1S/C26H23F2NO4.C24H19F2NO4.C19H16BrFO4.C10H11FO3.C9H7BrO2.C7H9BFNO2.ClH.Li.H2O/c1-2-31-24(30)13-19-12-20(27)6-7-23(19)33-15-16-10-17-8-9-32-26(17)22(11-16)21-5-3-4-18(14-29)25(21)28;25-18-4-5-21(17(10-18)11-22(28)29)31-13-14-8-15-6-7-30-24(15)20(9-14)19-3-1-2-16(12-27)23(19)26;1-2-23-18(22)10-14-9-15(21)3-4-17(14)25-11-12-7-13-5-6-24-19(13)16(20)8-12;1-2-14-10(13)6-7-5-8(11)3-4-9(7)12;10-8-4-6(5-11)3-7-1-2-12-9(7)8;9-7-5(4-10)2-1-3-6(7)8(11)12;;;/h3-12H,2,13-15,29H2,1H3;1-10H,11-13,27H2,(H,28,29);3-9H,2,10-11H2,1H3;3-5,12H,2,6H2,1H3;1-4,11H,5H2;1-3,11-12H,4,10H2;1H;;1H2/q;;;;;;;+1;/p-1. The van der Waals surface area contributed by atoms with Crippen LogP contribution in [0.1, 0.15) is 82.0 Å². The van der Waals surface area contributed by atoms with Gasteiger partial charge in [0, 0.05) is 108 Å². The van der Waals surface area contributed by atoms with Crippen molar-refractivity contribution in [3.63, 3.8) is 0 Å². The van der Waals surface area contributed by atoms with E-state index in [-0.39, 0.29) is 162 Å². The Kier molecular flexibility index (Phi) is 41.3. The Morgan fingerprint density at radius 3 is 1.08 bits per heavy atom. The molecule has 0 spiro atoms. The van der Waals surface area contributed by atoms with Crippen LogP contribution in [0.5, 0.6) is 23.0 Å². The van der Waals surface area contributed by atoms with E-state index in [2.05, 4.69) is 36.6 Å². The van der Waals surface area contributed by atoms with E-state index in [9.17, 15) is 50.6 Å². The molecular formula is C95H87BBr2ClF7LiN3O20. The van der Waals surface area contributed by atoms with Gasteiger partial charge in [-0.2, -0.15) is 0 Å². The first-order chi connectivity index (χ1) is 61.1. The van der Waals surface area contributed by atoms with Crippen LogP contribution in [-0.4, -0.2) is 81.7 Å². The van der Waals surface area contributed by atoms with E-state index in [1.165, 1.54) is 79.1 Å². The van der Waals surface area contributed by atoms with Crippen molar-refractivity contribution in [1.82, 2.24) is 0 Å². The Balaban J connectivity index is 0.000000222. The Morgan fingerprint density at radius 2 is 0.715 bits per heavy atom. The van der Waals surface area contributed by atoms with E-state index < -0.39 is 71.7 Å². The molecule has 0 amide bonds. The molecule has 12 N–H and O–H groups in total. The second kappa shape index (κ2) is 51.3. The van der Waals surface area contributed by atoms with Gasteiger partial charge in [-0.15, -0.1) is 12.4 Å². The van der Waals surface area contributed by atoms with Gasteiger partial charge < -0.3 is 94.1 Å². The van der Waals surface area contributed by atoms with Gasteiger partial charge in [-0.3, -0.25) is 19.2 Å². The van der Waals surface area contributed by atoms with E-state index in [4.69, 9.17) is 78.8 Å². The number of aliphatic hydroxyl groups is 1. The molecule has 0 fully saturated rings. The Labute approximate surface area is 776 Å². The molecule has 0 saturated heterocycles. The van der Waals surface area contributed by atoms with Gasteiger partial charge in [0.1, 0.15) is 106 Å². The average molecular weight is 1940 g/mol. The second-order valence-corrected chi connectivity index (χ2v) is 29.4. The maximum absolute atomic E-state index is 15.0. The van der Waals surface area contributed by atoms with E-state index >= 15 is 4.39 Å². The molecule has 0 atom stereocenters. The number of hydrogen-bond acceptors (Lipinski definition) is 22. The predicted molar refractivity (Wildman–Crippen MR) is 479 cm³/mol. The number of aromatic hydroxyl groups is 1. The Bertz CT molecular complexity index is 6340. The molecule has 11 aromatic carbocycles. The molecule has 15 aromatic rings. The van der Waals surface area contributed by atoms with E-state index in [1.54, 1.807) is 100 Å². The summed E-state index contributed by atoms with van der Waals surface area (Å²) < 4.78 is 152. The summed E-state index contributed by atoms with van der Waals surface area (Å²) >= 11 is 6.83. The Hall–Kier alpha value is -12.2. The minimum atomic E-state index is -1.78. The number of halogens is 10. The maximum atomic E-state index is 15.0. The first-order valence-corrected chi connectivity index (χ1v) is 40.8. The summed E-state index contributed by atoms with van der Waals surface area (Å²) in [6.07, 6.45) is 5.70. The number of rotatable bonds is 27. The number of ether oxygens (including phenoxy) is 6. The molecule has 4 aromatic heterocycles. The number of phenols is 1. The van der Waals surface area contributed by atoms with Crippen LogP contribution in [0.15, 0.2) is 252 Å². The van der Waals surface area contributed by atoms with E-state index in [0.29, 0.717) is 72.7 Å². The predicted octanol–water partition coefficient (Wildman–Crippen LogP) is 16.1. The molecule has 0 aliphatic carbocycles. The molecule has 0 saturated carbocycles. The quantitative estimate of drug-likeness (QED) is 0.0103. The third kappa shape index (κ3) is 28.9. The van der Waals surface area contributed by atoms with Crippen LogP contribution >= 0.6 is 44.3 Å². The van der Waals surface area contributed by atoms with Gasteiger partial charge in [-0.05, 0) is 220 Å². The summed E-state index contributed by atoms with van der Waals surface area (Å²) in [6, 6.07) is 51.9. The normalized spacial score (nSPS) is 10.5. The zero-order chi connectivity index (χ0) is 91.4. The molecule has 0 radical (unpaired) electrons. The molecule has 130 heavy (non-hydrogen) atoms. The minimum Gasteiger partial charge on any atom is -0.870 e. The summed E-state index contributed by atoms with van der Waals surface area (Å²) in [7, 11) is -1.78. The molecule has 0 aliphatic rings. The first kappa shape index (κ1) is 105. The van der Waals surface area contributed by atoms with Gasteiger partial charge in [-0.25, -0.2) is 30.7 Å². The number of benzene rings is 11. The molecular weight excluding hydrogens is 1850 g/mol. The van der Waals surface area contributed by atoms with Crippen LogP contribution in [0.3, 0.4) is 0 Å². The van der Waals surface area contributed by atoms with Crippen molar-refractivity contribution in [3.8, 4) is 45.3 Å². The van der Waals surface area contributed by atoms with Crippen molar-refractivity contribution >= 4 is 125 Å². The minimum absolute atomic E-state index is 0. The second-order valence-electron chi connectivity index (χ2n) is 27.7. The molecule has 35 heteroatoms. The van der Waals surface area contributed by atoms with Gasteiger partial charge in [-0.1, -0.05) is 54.6 Å². The number of aliphatic hydroxyl groups excluding tert-OH is 1. The summed E-state index contributed by atoms with van der Waals surface area (Å²) in [5.74, 6) is -4.83. The zero-order valence-corrected chi connectivity index (χ0v) is 74.3. The third-order valence-corrected chi connectivity index (χ3v) is 20.1. The average Bonchev–Trinajstić information content (AvgIpc) is 1.56. The smallest absolute Gasteiger partial charge is 0.870 e. The molecule has 23 nitrogen and oxygen atoms in total. The fourth-order valence-corrected chi connectivity index (χ4v) is 14.2. The van der Waals surface area contributed by atoms with Crippen molar-refractivity contribution in [2.75, 3.05) is 19.8 Å². The number of aliphatic carboxylic acids is 1. The van der Waals surface area contributed by atoms with Gasteiger partial charge in [0.25, 0.3) is 0 Å². The number of furan rings is 4. The number of phenolic OH excluding ortho intramolecular Hbond substituents is 1. The fraction of sp³-hybridized carbons (Fsp3) is 0.179.